The summed E-state index contributed by atoms with van der Waals surface area (Å²) in [5.74, 6) is 0.335. The van der Waals surface area contributed by atoms with Crippen molar-refractivity contribution in [2.24, 2.45) is 0 Å². The summed E-state index contributed by atoms with van der Waals surface area (Å²) in [6.07, 6.45) is 6.10. The first-order chi connectivity index (χ1) is 10.6. The van der Waals surface area contributed by atoms with Gasteiger partial charge in [0.1, 0.15) is 5.78 Å². The molecule has 0 aromatic carbocycles. The molecule has 0 radical (unpaired) electrons. The van der Waals surface area contributed by atoms with Gasteiger partial charge in [-0.3, -0.25) is 9.59 Å². The van der Waals surface area contributed by atoms with Crippen LogP contribution in [-0.4, -0.2) is 41.9 Å². The lowest BCUT2D eigenvalue weighted by atomic mass is 9.84. The number of carbonyl (C=O) groups is 2. The van der Waals surface area contributed by atoms with Crippen LogP contribution in [0, 0.1) is 6.92 Å². The van der Waals surface area contributed by atoms with Gasteiger partial charge < -0.3 is 9.64 Å². The van der Waals surface area contributed by atoms with Gasteiger partial charge in [0.2, 0.25) is 5.91 Å². The Kier molecular flexibility index (Phi) is 4.45. The van der Waals surface area contributed by atoms with Crippen molar-refractivity contribution >= 4 is 29.1 Å². The molecule has 4 nitrogen and oxygen atoms in total. The molecule has 0 saturated carbocycles. The average Bonchev–Trinajstić information content (AvgIpc) is 2.91. The molecule has 0 atom stereocenters. The number of rotatable bonds is 2. The van der Waals surface area contributed by atoms with Gasteiger partial charge in [0.05, 0.1) is 12.2 Å². The summed E-state index contributed by atoms with van der Waals surface area (Å²) in [6.45, 7) is 3.92. The fourth-order valence-corrected chi connectivity index (χ4v) is 3.92. The smallest absolute Gasteiger partial charge is 0.246 e. The van der Waals surface area contributed by atoms with Crippen molar-refractivity contribution in [3.05, 3.63) is 28.0 Å². The van der Waals surface area contributed by atoms with E-state index in [-0.39, 0.29) is 11.5 Å². The van der Waals surface area contributed by atoms with Crippen LogP contribution in [-0.2, 0) is 14.3 Å². The highest BCUT2D eigenvalue weighted by Crippen LogP contribution is 2.33. The first-order valence-corrected chi connectivity index (χ1v) is 8.57. The van der Waals surface area contributed by atoms with Gasteiger partial charge in [-0.05, 0) is 38.0 Å². The number of thiophene rings is 1. The molecule has 1 aromatic rings. The van der Waals surface area contributed by atoms with Gasteiger partial charge in [-0.1, -0.05) is 0 Å². The zero-order chi connectivity index (χ0) is 15.6. The van der Waals surface area contributed by atoms with Crippen molar-refractivity contribution in [2.75, 3.05) is 19.7 Å². The van der Waals surface area contributed by atoms with E-state index in [2.05, 4.69) is 13.0 Å². The fourth-order valence-electron chi connectivity index (χ4n) is 3.14. The highest BCUT2D eigenvalue weighted by molar-refractivity contribution is 7.12. The van der Waals surface area contributed by atoms with Crippen LogP contribution >= 0.6 is 11.3 Å². The van der Waals surface area contributed by atoms with Crippen molar-refractivity contribution < 1.29 is 14.3 Å². The van der Waals surface area contributed by atoms with Gasteiger partial charge in [-0.2, -0.15) is 0 Å². The van der Waals surface area contributed by atoms with Crippen molar-refractivity contribution in [1.82, 2.24) is 4.90 Å². The molecule has 22 heavy (non-hydrogen) atoms. The Balaban J connectivity index is 1.55. The van der Waals surface area contributed by atoms with E-state index in [9.17, 15) is 9.59 Å². The Hall–Kier alpha value is -1.46. The maximum Gasteiger partial charge on any atom is 0.246 e. The molecule has 0 N–H and O–H groups in total. The molecule has 2 fully saturated rings. The molecule has 1 aromatic heterocycles. The fraction of sp³-hybridized carbons (Fsp3) is 0.529. The lowest BCUT2D eigenvalue weighted by Crippen LogP contribution is -2.50. The number of amides is 1. The number of piperidine rings is 1. The number of ether oxygens (including phenoxy) is 1. The predicted octanol–water partition coefficient (Wildman–Crippen LogP) is 2.81. The number of hydrogen-bond acceptors (Lipinski definition) is 4. The van der Waals surface area contributed by atoms with Gasteiger partial charge in [0.15, 0.2) is 0 Å². The monoisotopic (exact) mass is 319 g/mol. The lowest BCUT2D eigenvalue weighted by molar-refractivity contribution is -0.150. The molecule has 2 aliphatic heterocycles. The van der Waals surface area contributed by atoms with Gasteiger partial charge in [-0.25, -0.2) is 0 Å². The Morgan fingerprint density at radius 1 is 1.36 bits per heavy atom. The van der Waals surface area contributed by atoms with Crippen molar-refractivity contribution in [1.29, 1.82) is 0 Å². The van der Waals surface area contributed by atoms with Gasteiger partial charge in [-0.15, -0.1) is 11.3 Å². The normalized spacial score (nSPS) is 21.7. The average molecular weight is 319 g/mol. The molecule has 0 unspecified atom stereocenters. The maximum atomic E-state index is 12.2. The number of nitrogens with zero attached hydrogens (tertiary/aromatic N) is 1. The SMILES string of the molecule is Cc1ccc(/C=C/C(=O)N2CCC3(CC2)CC(=O)CCO3)s1. The van der Waals surface area contributed by atoms with E-state index in [1.165, 1.54) is 4.88 Å². The van der Waals surface area contributed by atoms with E-state index in [4.69, 9.17) is 4.74 Å². The van der Waals surface area contributed by atoms with Gasteiger partial charge in [0, 0.05) is 41.8 Å². The molecular formula is C17H21NO3S. The number of likely N-dealkylation sites (tertiary alicyclic amines) is 1. The quantitative estimate of drug-likeness (QED) is 0.788. The molecule has 5 heteroatoms. The minimum atomic E-state index is -0.305. The van der Waals surface area contributed by atoms with Crippen molar-refractivity contribution in [2.45, 2.75) is 38.2 Å². The zero-order valence-electron chi connectivity index (χ0n) is 12.8. The minimum absolute atomic E-state index is 0.0445. The second kappa shape index (κ2) is 6.34. The number of Topliss-reactive ketones (excluding diaryl/α,β-unsaturated/α-hetero) is 1. The molecule has 0 bridgehead atoms. The van der Waals surface area contributed by atoms with Crippen LogP contribution in [0.25, 0.3) is 6.08 Å². The Morgan fingerprint density at radius 3 is 2.77 bits per heavy atom. The molecule has 2 saturated heterocycles. The van der Waals surface area contributed by atoms with Crippen LogP contribution in [0.15, 0.2) is 18.2 Å². The number of carbonyl (C=O) groups excluding carboxylic acids is 2. The summed E-state index contributed by atoms with van der Waals surface area (Å²) in [7, 11) is 0. The highest BCUT2D eigenvalue weighted by Gasteiger charge is 2.40. The van der Waals surface area contributed by atoms with Crippen LogP contribution in [0.2, 0.25) is 0 Å². The van der Waals surface area contributed by atoms with E-state index in [0.717, 1.165) is 17.7 Å². The summed E-state index contributed by atoms with van der Waals surface area (Å²) in [5.41, 5.74) is -0.305. The molecule has 3 rings (SSSR count). The van der Waals surface area contributed by atoms with Crippen molar-refractivity contribution in [3.8, 4) is 0 Å². The summed E-state index contributed by atoms with van der Waals surface area (Å²) < 4.78 is 5.86. The van der Waals surface area contributed by atoms with E-state index in [1.54, 1.807) is 17.4 Å². The predicted molar refractivity (Wildman–Crippen MR) is 86.8 cm³/mol. The number of hydrogen-bond donors (Lipinski definition) is 0. The van der Waals surface area contributed by atoms with Crippen LogP contribution in [0.4, 0.5) is 0 Å². The van der Waals surface area contributed by atoms with Crippen LogP contribution in [0.3, 0.4) is 0 Å². The first-order valence-electron chi connectivity index (χ1n) is 7.75. The molecule has 1 spiro atoms. The third-order valence-corrected chi connectivity index (χ3v) is 5.41. The molecular weight excluding hydrogens is 298 g/mol. The molecule has 118 valence electrons. The second-order valence-electron chi connectivity index (χ2n) is 6.10. The van der Waals surface area contributed by atoms with E-state index < -0.39 is 0 Å². The van der Waals surface area contributed by atoms with Crippen molar-refractivity contribution in [3.63, 3.8) is 0 Å². The molecule has 2 aliphatic rings. The molecule has 0 aliphatic carbocycles. The second-order valence-corrected chi connectivity index (χ2v) is 7.42. The summed E-state index contributed by atoms with van der Waals surface area (Å²) in [5, 5.41) is 0. The molecule has 3 heterocycles. The Labute approximate surface area is 134 Å². The van der Waals surface area contributed by atoms with Crippen LogP contribution < -0.4 is 0 Å². The lowest BCUT2D eigenvalue weighted by Gasteiger charge is -2.43. The Bertz CT molecular complexity index is 597. The van der Waals surface area contributed by atoms with Crippen LogP contribution in [0.1, 0.15) is 35.4 Å². The zero-order valence-corrected chi connectivity index (χ0v) is 13.7. The van der Waals surface area contributed by atoms with E-state index >= 15 is 0 Å². The summed E-state index contributed by atoms with van der Waals surface area (Å²) >= 11 is 1.68. The third kappa shape index (κ3) is 3.47. The Morgan fingerprint density at radius 2 is 2.14 bits per heavy atom. The topological polar surface area (TPSA) is 46.6 Å². The minimum Gasteiger partial charge on any atom is -0.374 e. The van der Waals surface area contributed by atoms with Gasteiger partial charge >= 0.3 is 0 Å². The molecule has 1 amide bonds. The van der Waals surface area contributed by atoms with E-state index in [1.807, 2.05) is 17.0 Å². The maximum absolute atomic E-state index is 12.2. The summed E-state index contributed by atoms with van der Waals surface area (Å²) in [4.78, 5) is 28.1. The third-order valence-electron chi connectivity index (χ3n) is 4.45. The highest BCUT2D eigenvalue weighted by atomic mass is 32.1. The van der Waals surface area contributed by atoms with Crippen LogP contribution in [0.5, 0.6) is 0 Å². The largest absolute Gasteiger partial charge is 0.374 e. The first kappa shape index (κ1) is 15.4. The number of aryl methyl sites for hydroxylation is 1. The summed E-state index contributed by atoms with van der Waals surface area (Å²) in [6, 6.07) is 4.08. The standard InChI is InChI=1S/C17H21NO3S/c1-13-2-3-15(22-13)4-5-16(20)18-9-7-17(8-10-18)12-14(19)6-11-21-17/h2-5H,6-12H2,1H3/b5-4+. The van der Waals surface area contributed by atoms with E-state index in [0.29, 0.717) is 38.3 Å². The van der Waals surface area contributed by atoms with Gasteiger partial charge in [0.25, 0.3) is 0 Å². The number of ketones is 1.